The topological polar surface area (TPSA) is 110 Å². The minimum Gasteiger partial charge on any atom is -0.481 e. The Labute approximate surface area is 115 Å². The van der Waals surface area contributed by atoms with Crippen molar-refractivity contribution in [3.63, 3.8) is 0 Å². The number of amides is 1. The van der Waals surface area contributed by atoms with Crippen LogP contribution in [0.4, 0.5) is 5.69 Å². The predicted molar refractivity (Wildman–Crippen MR) is 71.7 cm³/mol. The summed E-state index contributed by atoms with van der Waals surface area (Å²) in [5, 5.41) is 22.0. The van der Waals surface area contributed by atoms with Gasteiger partial charge in [-0.3, -0.25) is 19.7 Å². The van der Waals surface area contributed by atoms with Crippen LogP contribution in [0.5, 0.6) is 0 Å². The van der Waals surface area contributed by atoms with Crippen molar-refractivity contribution in [3.8, 4) is 0 Å². The standard InChI is InChI=1S/C13H16N2O5/c1-9-5-4-6-10(12(9)15(19)20)13(18)14-8-3-2-7-11(16)17/h4-6H,2-3,7-8H2,1H3,(H,14,18)(H,16,17). The van der Waals surface area contributed by atoms with Gasteiger partial charge < -0.3 is 10.4 Å². The van der Waals surface area contributed by atoms with Crippen LogP contribution in [0.2, 0.25) is 0 Å². The molecule has 0 unspecified atom stereocenters. The average Bonchev–Trinajstić information content (AvgIpc) is 2.36. The first-order chi connectivity index (χ1) is 9.43. The minimum absolute atomic E-state index is 0.0215. The molecule has 0 aliphatic rings. The normalized spacial score (nSPS) is 10.1. The number of nitrogens with zero attached hydrogens (tertiary/aromatic N) is 1. The van der Waals surface area contributed by atoms with E-state index >= 15 is 0 Å². The maximum absolute atomic E-state index is 11.9. The maximum atomic E-state index is 11.9. The largest absolute Gasteiger partial charge is 0.481 e. The first-order valence-corrected chi connectivity index (χ1v) is 6.17. The lowest BCUT2D eigenvalue weighted by Crippen LogP contribution is -2.25. The van der Waals surface area contributed by atoms with Crippen molar-refractivity contribution in [3.05, 3.63) is 39.4 Å². The predicted octanol–water partition coefficient (Wildman–Crippen LogP) is 1.89. The van der Waals surface area contributed by atoms with Gasteiger partial charge in [-0.2, -0.15) is 0 Å². The number of carboxylic acid groups (broad SMARTS) is 1. The van der Waals surface area contributed by atoms with E-state index in [1.54, 1.807) is 19.1 Å². The Morgan fingerprint density at radius 3 is 2.65 bits per heavy atom. The molecule has 0 fully saturated rings. The third-order valence-corrected chi connectivity index (χ3v) is 2.77. The second-order valence-corrected chi connectivity index (χ2v) is 4.33. The van der Waals surface area contributed by atoms with Gasteiger partial charge in [0.05, 0.1) is 4.92 Å². The van der Waals surface area contributed by atoms with Crippen LogP contribution in [-0.2, 0) is 4.79 Å². The Balaban J connectivity index is 2.62. The molecule has 1 aromatic carbocycles. The molecular formula is C13H16N2O5. The molecule has 0 radical (unpaired) electrons. The number of nitro benzene ring substituents is 1. The molecule has 7 nitrogen and oxygen atoms in total. The molecule has 108 valence electrons. The lowest BCUT2D eigenvalue weighted by atomic mass is 10.1. The van der Waals surface area contributed by atoms with Gasteiger partial charge in [0, 0.05) is 18.5 Å². The number of unbranched alkanes of at least 4 members (excludes halogenated alkanes) is 1. The number of nitrogens with one attached hydrogen (secondary N) is 1. The highest BCUT2D eigenvalue weighted by Crippen LogP contribution is 2.22. The van der Waals surface area contributed by atoms with Crippen molar-refractivity contribution >= 4 is 17.6 Å². The quantitative estimate of drug-likeness (QED) is 0.450. The number of carbonyl (C=O) groups excluding carboxylic acids is 1. The maximum Gasteiger partial charge on any atom is 0.303 e. The van der Waals surface area contributed by atoms with Gasteiger partial charge in [-0.05, 0) is 25.8 Å². The Morgan fingerprint density at radius 1 is 1.35 bits per heavy atom. The number of hydrogen-bond donors (Lipinski definition) is 2. The number of benzene rings is 1. The number of carboxylic acids is 1. The summed E-state index contributed by atoms with van der Waals surface area (Å²) in [6, 6.07) is 4.56. The van der Waals surface area contributed by atoms with E-state index in [0.717, 1.165) is 0 Å². The zero-order valence-electron chi connectivity index (χ0n) is 11.1. The van der Waals surface area contributed by atoms with Crippen LogP contribution in [0.15, 0.2) is 18.2 Å². The Bertz CT molecular complexity index is 527. The van der Waals surface area contributed by atoms with Gasteiger partial charge in [-0.1, -0.05) is 12.1 Å². The van der Waals surface area contributed by atoms with Crippen molar-refractivity contribution < 1.29 is 19.6 Å². The van der Waals surface area contributed by atoms with Crippen LogP contribution in [0.1, 0.15) is 35.2 Å². The molecule has 0 aliphatic heterocycles. The fourth-order valence-corrected chi connectivity index (χ4v) is 1.78. The molecule has 0 atom stereocenters. The van der Waals surface area contributed by atoms with Crippen molar-refractivity contribution in [2.75, 3.05) is 6.54 Å². The molecule has 1 amide bonds. The summed E-state index contributed by atoms with van der Waals surface area (Å²) in [6.45, 7) is 1.86. The van der Waals surface area contributed by atoms with Gasteiger partial charge >= 0.3 is 5.97 Å². The lowest BCUT2D eigenvalue weighted by molar-refractivity contribution is -0.385. The van der Waals surface area contributed by atoms with Gasteiger partial charge in [-0.15, -0.1) is 0 Å². The van der Waals surface area contributed by atoms with E-state index < -0.39 is 16.8 Å². The first-order valence-electron chi connectivity index (χ1n) is 6.17. The molecule has 7 heteroatoms. The van der Waals surface area contributed by atoms with Gasteiger partial charge in [0.25, 0.3) is 11.6 Å². The third-order valence-electron chi connectivity index (χ3n) is 2.77. The van der Waals surface area contributed by atoms with E-state index in [1.165, 1.54) is 6.07 Å². The number of rotatable bonds is 7. The SMILES string of the molecule is Cc1cccc(C(=O)NCCCCC(=O)O)c1[N+](=O)[O-]. The monoisotopic (exact) mass is 280 g/mol. The Kier molecular flexibility index (Phi) is 5.64. The van der Waals surface area contributed by atoms with Crippen molar-refractivity contribution in [2.45, 2.75) is 26.2 Å². The number of aliphatic carboxylic acids is 1. The molecular weight excluding hydrogens is 264 g/mol. The average molecular weight is 280 g/mol. The van der Waals surface area contributed by atoms with Crippen molar-refractivity contribution in [1.82, 2.24) is 5.32 Å². The van der Waals surface area contributed by atoms with Crippen molar-refractivity contribution in [2.24, 2.45) is 0 Å². The van der Waals surface area contributed by atoms with E-state index in [0.29, 0.717) is 18.4 Å². The smallest absolute Gasteiger partial charge is 0.303 e. The zero-order valence-corrected chi connectivity index (χ0v) is 11.1. The Hall–Kier alpha value is -2.44. The van der Waals surface area contributed by atoms with E-state index in [2.05, 4.69) is 5.32 Å². The highest BCUT2D eigenvalue weighted by Gasteiger charge is 2.21. The van der Waals surface area contributed by atoms with E-state index in [4.69, 9.17) is 5.11 Å². The number of aryl methyl sites for hydroxylation is 1. The van der Waals surface area contributed by atoms with Gasteiger partial charge in [0.1, 0.15) is 5.56 Å². The molecule has 2 N–H and O–H groups in total. The van der Waals surface area contributed by atoms with Crippen LogP contribution < -0.4 is 5.32 Å². The zero-order chi connectivity index (χ0) is 15.1. The van der Waals surface area contributed by atoms with Crippen LogP contribution >= 0.6 is 0 Å². The number of nitro groups is 1. The fraction of sp³-hybridized carbons (Fsp3) is 0.385. The van der Waals surface area contributed by atoms with Crippen molar-refractivity contribution in [1.29, 1.82) is 0 Å². The van der Waals surface area contributed by atoms with Gasteiger partial charge in [0.15, 0.2) is 0 Å². The van der Waals surface area contributed by atoms with Crippen LogP contribution in [0, 0.1) is 17.0 Å². The summed E-state index contributed by atoms with van der Waals surface area (Å²) in [7, 11) is 0. The van der Waals surface area contributed by atoms with Crippen LogP contribution in [-0.4, -0.2) is 28.5 Å². The molecule has 0 spiro atoms. The van der Waals surface area contributed by atoms with E-state index in [-0.39, 0.29) is 24.2 Å². The highest BCUT2D eigenvalue weighted by molar-refractivity contribution is 5.98. The summed E-state index contributed by atoms with van der Waals surface area (Å²) >= 11 is 0. The van der Waals surface area contributed by atoms with Crippen LogP contribution in [0.25, 0.3) is 0 Å². The third kappa shape index (κ3) is 4.34. The summed E-state index contributed by atoms with van der Waals surface area (Å²) in [5.41, 5.74) is 0.247. The summed E-state index contributed by atoms with van der Waals surface area (Å²) < 4.78 is 0. The molecule has 0 saturated carbocycles. The lowest BCUT2D eigenvalue weighted by Gasteiger charge is -2.06. The number of hydrogen-bond acceptors (Lipinski definition) is 4. The van der Waals surface area contributed by atoms with Crippen LogP contribution in [0.3, 0.4) is 0 Å². The molecule has 0 aliphatic carbocycles. The fourth-order valence-electron chi connectivity index (χ4n) is 1.78. The molecule has 1 aromatic rings. The number of carbonyl (C=O) groups is 2. The van der Waals surface area contributed by atoms with E-state index in [9.17, 15) is 19.7 Å². The Morgan fingerprint density at radius 2 is 2.05 bits per heavy atom. The summed E-state index contributed by atoms with van der Waals surface area (Å²) in [6.07, 6.45) is 1.00. The second-order valence-electron chi connectivity index (χ2n) is 4.33. The molecule has 1 rings (SSSR count). The first kappa shape index (κ1) is 15.6. The molecule has 0 bridgehead atoms. The molecule has 20 heavy (non-hydrogen) atoms. The van der Waals surface area contributed by atoms with Gasteiger partial charge in [0.2, 0.25) is 0 Å². The minimum atomic E-state index is -0.884. The highest BCUT2D eigenvalue weighted by atomic mass is 16.6. The number of para-hydroxylation sites is 1. The van der Waals surface area contributed by atoms with Gasteiger partial charge in [-0.25, -0.2) is 0 Å². The van der Waals surface area contributed by atoms with E-state index in [1.807, 2.05) is 0 Å². The molecule has 0 heterocycles. The summed E-state index contributed by atoms with van der Waals surface area (Å²) in [4.78, 5) is 32.6. The molecule has 0 aromatic heterocycles. The second kappa shape index (κ2) is 7.22. The summed E-state index contributed by atoms with van der Waals surface area (Å²) in [5.74, 6) is -1.40. The molecule has 0 saturated heterocycles.